The van der Waals surface area contributed by atoms with Crippen LogP contribution in [0.15, 0.2) is 22.7 Å². The summed E-state index contributed by atoms with van der Waals surface area (Å²) >= 11 is 3.08. The van der Waals surface area contributed by atoms with E-state index >= 15 is 0 Å². The van der Waals surface area contributed by atoms with Crippen LogP contribution in [0, 0.1) is 5.82 Å². The van der Waals surface area contributed by atoms with Gasteiger partial charge in [0.1, 0.15) is 17.3 Å². The molecule has 1 aliphatic heterocycles. The topological polar surface area (TPSA) is 66.8 Å². The van der Waals surface area contributed by atoms with Gasteiger partial charge in [-0.2, -0.15) is 0 Å². The Kier molecular flexibility index (Phi) is 5.71. The maximum absolute atomic E-state index is 14.0. The lowest BCUT2D eigenvalue weighted by Crippen LogP contribution is -2.51. The van der Waals surface area contributed by atoms with E-state index < -0.39 is 41.0 Å². The number of halogens is 2. The monoisotopic (exact) mass is 429 g/mol. The molecule has 1 N–H and O–H groups in total. The van der Waals surface area contributed by atoms with Crippen molar-refractivity contribution in [1.29, 1.82) is 0 Å². The van der Waals surface area contributed by atoms with Crippen LogP contribution in [0.5, 0.6) is 0 Å². The SMILES string of the molecule is CC(C)(C)OC(=O)N1C(C(C(=O)O)c2ccc(Br)c(F)c2)CCC1(C)C. The van der Waals surface area contributed by atoms with Crippen LogP contribution in [-0.2, 0) is 9.53 Å². The number of hydrogen-bond acceptors (Lipinski definition) is 3. The van der Waals surface area contributed by atoms with Gasteiger partial charge in [0.15, 0.2) is 0 Å². The van der Waals surface area contributed by atoms with Crippen LogP contribution in [0.2, 0.25) is 0 Å². The lowest BCUT2D eigenvalue weighted by Gasteiger charge is -2.39. The van der Waals surface area contributed by atoms with Gasteiger partial charge in [-0.1, -0.05) is 6.07 Å². The minimum atomic E-state index is -1.09. The van der Waals surface area contributed by atoms with Crippen LogP contribution in [0.25, 0.3) is 0 Å². The number of carboxylic acids is 1. The molecule has 2 rings (SSSR count). The number of carbonyl (C=O) groups excluding carboxylic acids is 1. The van der Waals surface area contributed by atoms with E-state index in [9.17, 15) is 19.1 Å². The smallest absolute Gasteiger partial charge is 0.411 e. The lowest BCUT2D eigenvalue weighted by molar-refractivity contribution is -0.140. The number of aliphatic carboxylic acids is 1. The van der Waals surface area contributed by atoms with Crippen LogP contribution in [-0.4, -0.2) is 39.3 Å². The molecule has 1 fully saturated rings. The Balaban J connectivity index is 2.44. The van der Waals surface area contributed by atoms with E-state index in [4.69, 9.17) is 4.74 Å². The summed E-state index contributed by atoms with van der Waals surface area (Å²) in [6.07, 6.45) is 0.592. The second-order valence-electron chi connectivity index (χ2n) is 8.26. The third kappa shape index (κ3) is 4.37. The van der Waals surface area contributed by atoms with Crippen LogP contribution < -0.4 is 0 Å². The van der Waals surface area contributed by atoms with Crippen molar-refractivity contribution < 1.29 is 23.8 Å². The molecule has 0 saturated carbocycles. The van der Waals surface area contributed by atoms with Gasteiger partial charge in [-0.05, 0) is 81.1 Å². The molecular weight excluding hydrogens is 405 g/mol. The summed E-state index contributed by atoms with van der Waals surface area (Å²) in [5.41, 5.74) is -0.911. The number of benzene rings is 1. The van der Waals surface area contributed by atoms with Crippen molar-refractivity contribution >= 4 is 28.0 Å². The fraction of sp³-hybridized carbons (Fsp3) is 0.579. The van der Waals surface area contributed by atoms with Gasteiger partial charge in [0.2, 0.25) is 0 Å². The van der Waals surface area contributed by atoms with E-state index in [1.807, 2.05) is 13.8 Å². The molecule has 0 spiro atoms. The molecule has 0 bridgehead atoms. The van der Waals surface area contributed by atoms with Crippen molar-refractivity contribution in [1.82, 2.24) is 4.90 Å². The van der Waals surface area contributed by atoms with Crippen molar-refractivity contribution in [3.63, 3.8) is 0 Å². The van der Waals surface area contributed by atoms with Gasteiger partial charge in [0.25, 0.3) is 0 Å². The molecule has 1 amide bonds. The van der Waals surface area contributed by atoms with E-state index in [0.29, 0.717) is 18.4 Å². The molecule has 7 heteroatoms. The molecule has 2 atom stereocenters. The highest BCUT2D eigenvalue weighted by Gasteiger charge is 2.49. The predicted octanol–water partition coefficient (Wildman–Crippen LogP) is 4.93. The summed E-state index contributed by atoms with van der Waals surface area (Å²) in [4.78, 5) is 26.3. The van der Waals surface area contributed by atoms with Crippen molar-refractivity contribution in [3.8, 4) is 0 Å². The molecule has 1 aliphatic rings. The number of ether oxygens (including phenoxy) is 1. The van der Waals surface area contributed by atoms with Gasteiger partial charge in [0, 0.05) is 5.54 Å². The largest absolute Gasteiger partial charge is 0.481 e. The Bertz CT molecular complexity index is 714. The van der Waals surface area contributed by atoms with Crippen molar-refractivity contribution in [2.75, 3.05) is 0 Å². The predicted molar refractivity (Wildman–Crippen MR) is 99.7 cm³/mol. The van der Waals surface area contributed by atoms with Crippen molar-refractivity contribution in [3.05, 3.63) is 34.1 Å². The molecule has 1 aromatic carbocycles. The van der Waals surface area contributed by atoms with Crippen LogP contribution in [0.4, 0.5) is 9.18 Å². The Hall–Kier alpha value is -1.63. The summed E-state index contributed by atoms with van der Waals surface area (Å²) in [6.45, 7) is 9.07. The summed E-state index contributed by atoms with van der Waals surface area (Å²) in [5.74, 6) is -2.66. The second-order valence-corrected chi connectivity index (χ2v) is 9.11. The molecule has 1 saturated heterocycles. The quantitative estimate of drug-likeness (QED) is 0.738. The molecule has 2 unspecified atom stereocenters. The second kappa shape index (κ2) is 7.18. The van der Waals surface area contributed by atoms with Gasteiger partial charge < -0.3 is 9.84 Å². The van der Waals surface area contributed by atoms with Gasteiger partial charge in [-0.25, -0.2) is 9.18 Å². The zero-order valence-corrected chi connectivity index (χ0v) is 17.3. The molecule has 1 aromatic rings. The fourth-order valence-corrected chi connectivity index (χ4v) is 3.69. The number of amides is 1. The first-order valence-electron chi connectivity index (χ1n) is 8.53. The highest BCUT2D eigenvalue weighted by molar-refractivity contribution is 9.10. The van der Waals surface area contributed by atoms with Gasteiger partial charge >= 0.3 is 12.1 Å². The number of rotatable bonds is 3. The average Bonchev–Trinajstić information content (AvgIpc) is 2.76. The highest BCUT2D eigenvalue weighted by Crippen LogP contribution is 2.41. The van der Waals surface area contributed by atoms with E-state index in [1.54, 1.807) is 26.8 Å². The molecular formula is C19H25BrFNO4. The Morgan fingerprint density at radius 1 is 1.38 bits per heavy atom. The van der Waals surface area contributed by atoms with Gasteiger partial charge in [-0.15, -0.1) is 0 Å². The first-order chi connectivity index (χ1) is 11.8. The van der Waals surface area contributed by atoms with Crippen molar-refractivity contribution in [2.45, 2.75) is 70.6 Å². The summed E-state index contributed by atoms with van der Waals surface area (Å²) in [7, 11) is 0. The molecule has 5 nitrogen and oxygen atoms in total. The maximum atomic E-state index is 14.0. The average molecular weight is 430 g/mol. The molecule has 0 aliphatic carbocycles. The van der Waals surface area contributed by atoms with E-state index in [1.165, 1.54) is 17.0 Å². The first-order valence-corrected chi connectivity index (χ1v) is 9.33. The first kappa shape index (κ1) is 20.7. The summed E-state index contributed by atoms with van der Waals surface area (Å²) in [5, 5.41) is 9.84. The lowest BCUT2D eigenvalue weighted by atomic mass is 9.90. The van der Waals surface area contributed by atoms with Crippen LogP contribution in [0.3, 0.4) is 0 Å². The van der Waals surface area contributed by atoms with Gasteiger partial charge in [-0.3, -0.25) is 9.69 Å². The zero-order chi connectivity index (χ0) is 19.9. The van der Waals surface area contributed by atoms with Crippen LogP contribution >= 0.6 is 15.9 Å². The van der Waals surface area contributed by atoms with E-state index in [-0.39, 0.29) is 4.47 Å². The Labute approximate surface area is 161 Å². The highest BCUT2D eigenvalue weighted by atomic mass is 79.9. The Morgan fingerprint density at radius 3 is 2.50 bits per heavy atom. The number of likely N-dealkylation sites (tertiary alicyclic amines) is 1. The standard InChI is InChI=1S/C19H25BrFNO4/c1-18(2,3)26-17(25)22-14(8-9-19(22,4)5)15(16(23)24)11-6-7-12(20)13(21)10-11/h6-7,10,14-15H,8-9H2,1-5H3,(H,23,24). The third-order valence-corrected chi connectivity index (χ3v) is 5.22. The van der Waals surface area contributed by atoms with Crippen molar-refractivity contribution in [2.24, 2.45) is 0 Å². The summed E-state index contributed by atoms with van der Waals surface area (Å²) < 4.78 is 19.7. The maximum Gasteiger partial charge on any atom is 0.411 e. The molecule has 0 radical (unpaired) electrons. The molecule has 26 heavy (non-hydrogen) atoms. The third-order valence-electron chi connectivity index (χ3n) is 4.58. The normalized spacial score (nSPS) is 20.7. The summed E-state index contributed by atoms with van der Waals surface area (Å²) in [6, 6.07) is 3.66. The molecule has 144 valence electrons. The minimum absolute atomic E-state index is 0.265. The molecule has 1 heterocycles. The van der Waals surface area contributed by atoms with Gasteiger partial charge in [0.05, 0.1) is 10.5 Å². The minimum Gasteiger partial charge on any atom is -0.481 e. The van der Waals surface area contributed by atoms with Crippen LogP contribution in [0.1, 0.15) is 58.9 Å². The number of hydrogen-bond donors (Lipinski definition) is 1. The zero-order valence-electron chi connectivity index (χ0n) is 15.7. The Morgan fingerprint density at radius 2 is 2.00 bits per heavy atom. The van der Waals surface area contributed by atoms with E-state index in [2.05, 4.69) is 15.9 Å². The number of carbonyl (C=O) groups is 2. The fourth-order valence-electron chi connectivity index (χ4n) is 3.44. The number of carboxylic acid groups (broad SMARTS) is 1. The number of nitrogens with zero attached hydrogens (tertiary/aromatic N) is 1. The molecule has 0 aromatic heterocycles. The van der Waals surface area contributed by atoms with E-state index in [0.717, 1.165) is 0 Å².